The van der Waals surface area contributed by atoms with E-state index in [1.54, 1.807) is 24.5 Å². The molecule has 0 spiro atoms. The van der Waals surface area contributed by atoms with E-state index in [9.17, 15) is 20.4 Å². The number of piperazine rings is 1. The molecule has 0 saturated carbocycles. The van der Waals surface area contributed by atoms with Gasteiger partial charge in [0.25, 0.3) is 0 Å². The van der Waals surface area contributed by atoms with Crippen LogP contribution in [0.15, 0.2) is 48.8 Å². The number of hydrogen-bond acceptors (Lipinski definition) is 12. The van der Waals surface area contributed by atoms with Gasteiger partial charge < -0.3 is 29.9 Å². The molecule has 0 aliphatic carbocycles. The predicted molar refractivity (Wildman–Crippen MR) is 145 cm³/mol. The van der Waals surface area contributed by atoms with Crippen molar-refractivity contribution in [3.63, 3.8) is 0 Å². The molecule has 0 atom stereocenters. The molecule has 3 heterocycles. The van der Waals surface area contributed by atoms with Gasteiger partial charge in [0.1, 0.15) is 0 Å². The molecule has 1 aliphatic heterocycles. The molecule has 12 heteroatoms. The Hall–Kier alpha value is -4.68. The van der Waals surface area contributed by atoms with Gasteiger partial charge in [-0.3, -0.25) is 9.80 Å². The molecule has 0 unspecified atom stereocenters. The van der Waals surface area contributed by atoms with E-state index < -0.39 is 0 Å². The number of phenolic OH excluding ortho intramolecular Hbond substituents is 4. The van der Waals surface area contributed by atoms with Crippen LogP contribution in [0.4, 0.5) is 0 Å². The van der Waals surface area contributed by atoms with Crippen molar-refractivity contribution in [1.29, 1.82) is 0 Å². The van der Waals surface area contributed by atoms with Crippen LogP contribution in [0.5, 0.6) is 34.5 Å². The van der Waals surface area contributed by atoms with Crippen LogP contribution in [-0.2, 0) is 13.1 Å². The van der Waals surface area contributed by atoms with Crippen molar-refractivity contribution >= 4 is 0 Å². The van der Waals surface area contributed by atoms with E-state index in [4.69, 9.17) is 9.47 Å². The third-order valence-electron chi connectivity index (χ3n) is 6.73. The van der Waals surface area contributed by atoms with Gasteiger partial charge in [-0.05, 0) is 36.4 Å². The number of aromatic hydroxyl groups is 4. The van der Waals surface area contributed by atoms with E-state index in [-0.39, 0.29) is 34.5 Å². The molecule has 0 amide bonds. The van der Waals surface area contributed by atoms with E-state index in [1.807, 2.05) is 12.1 Å². The molecule has 0 bridgehead atoms. The fourth-order valence-corrected chi connectivity index (χ4v) is 4.57. The molecule has 5 rings (SSSR count). The molecule has 40 heavy (non-hydrogen) atoms. The van der Waals surface area contributed by atoms with Crippen molar-refractivity contribution in [3.05, 3.63) is 60.2 Å². The molecule has 2 aromatic carbocycles. The second-order valence-electron chi connectivity index (χ2n) is 9.39. The van der Waals surface area contributed by atoms with E-state index in [0.717, 1.165) is 37.6 Å². The number of methoxy groups -OCH3 is 2. The van der Waals surface area contributed by atoms with Crippen LogP contribution < -0.4 is 9.47 Å². The monoisotopic (exact) mass is 546 g/mol. The summed E-state index contributed by atoms with van der Waals surface area (Å²) in [4.78, 5) is 22.6. The lowest BCUT2D eigenvalue weighted by Crippen LogP contribution is -2.45. The zero-order valence-electron chi connectivity index (χ0n) is 22.2. The van der Waals surface area contributed by atoms with Crippen molar-refractivity contribution in [2.24, 2.45) is 0 Å². The van der Waals surface area contributed by atoms with Gasteiger partial charge in [0.05, 0.1) is 25.6 Å². The number of rotatable bonds is 8. The Bertz CT molecular complexity index is 1400. The third kappa shape index (κ3) is 5.82. The molecule has 4 N–H and O–H groups in total. The minimum Gasteiger partial charge on any atom is -0.504 e. The lowest BCUT2D eigenvalue weighted by molar-refractivity contribution is 0.120. The van der Waals surface area contributed by atoms with E-state index in [1.165, 1.54) is 26.4 Å². The topological polar surface area (TPSA) is 157 Å². The molecule has 1 aliphatic rings. The molecule has 12 nitrogen and oxygen atoms in total. The average Bonchev–Trinajstić information content (AvgIpc) is 2.97. The number of phenols is 4. The van der Waals surface area contributed by atoms with Gasteiger partial charge in [-0.15, -0.1) is 0 Å². The average molecular weight is 547 g/mol. The SMILES string of the molecule is COc1cc(-c2nccc(CN3CCN(Cc4ccnc(-c5cc(O)c(O)c(OC)c5)n4)CC3)n2)cc(O)c1O. The first kappa shape index (κ1) is 26.9. The zero-order valence-corrected chi connectivity index (χ0v) is 22.2. The van der Waals surface area contributed by atoms with Crippen molar-refractivity contribution in [2.45, 2.75) is 13.1 Å². The number of benzene rings is 2. The number of hydrogen-bond donors (Lipinski definition) is 4. The number of ether oxygens (including phenoxy) is 2. The third-order valence-corrected chi connectivity index (χ3v) is 6.73. The minimum atomic E-state index is -0.321. The lowest BCUT2D eigenvalue weighted by atomic mass is 10.1. The summed E-state index contributed by atoms with van der Waals surface area (Å²) in [5.41, 5.74) is 2.78. The Labute approximate surface area is 230 Å². The molecular weight excluding hydrogens is 516 g/mol. The fourth-order valence-electron chi connectivity index (χ4n) is 4.57. The summed E-state index contributed by atoms with van der Waals surface area (Å²) in [5.74, 6) is -0.0642. The first-order chi connectivity index (χ1) is 19.3. The molecule has 0 radical (unpaired) electrons. The van der Waals surface area contributed by atoms with Crippen LogP contribution in [0.2, 0.25) is 0 Å². The number of aromatic nitrogens is 4. The van der Waals surface area contributed by atoms with Gasteiger partial charge in [-0.2, -0.15) is 0 Å². The van der Waals surface area contributed by atoms with Crippen LogP contribution in [0.1, 0.15) is 11.4 Å². The Morgan fingerprint density at radius 3 is 1.43 bits per heavy atom. The summed E-state index contributed by atoms with van der Waals surface area (Å²) >= 11 is 0. The van der Waals surface area contributed by atoms with Crippen LogP contribution in [0, 0.1) is 0 Å². The summed E-state index contributed by atoms with van der Waals surface area (Å²) in [6.45, 7) is 4.66. The summed E-state index contributed by atoms with van der Waals surface area (Å²) in [5, 5.41) is 39.8. The standard InChI is InChI=1S/C28H30N6O6/c1-39-23-13-17(11-21(35)25(23)37)27-29-5-3-19(31-27)15-33-7-9-34(10-8-33)16-20-4-6-30-28(32-20)18-12-22(36)26(38)24(14-18)40-2/h3-6,11-14,35-38H,7-10,15-16H2,1-2H3. The largest absolute Gasteiger partial charge is 0.504 e. The van der Waals surface area contributed by atoms with Gasteiger partial charge in [-0.1, -0.05) is 0 Å². The molecule has 1 fully saturated rings. The first-order valence-corrected chi connectivity index (χ1v) is 12.6. The van der Waals surface area contributed by atoms with Crippen LogP contribution in [0.25, 0.3) is 22.8 Å². The van der Waals surface area contributed by atoms with Crippen LogP contribution in [0.3, 0.4) is 0 Å². The smallest absolute Gasteiger partial charge is 0.200 e. The van der Waals surface area contributed by atoms with Crippen LogP contribution in [-0.4, -0.2) is 90.6 Å². The second kappa shape index (κ2) is 11.6. The van der Waals surface area contributed by atoms with Gasteiger partial charge >= 0.3 is 0 Å². The highest BCUT2D eigenvalue weighted by molar-refractivity contribution is 5.66. The van der Waals surface area contributed by atoms with E-state index in [0.29, 0.717) is 35.9 Å². The predicted octanol–water partition coefficient (Wildman–Crippen LogP) is 2.76. The maximum Gasteiger partial charge on any atom is 0.200 e. The Kier molecular flexibility index (Phi) is 7.80. The Morgan fingerprint density at radius 2 is 1.05 bits per heavy atom. The molecule has 2 aromatic heterocycles. The minimum absolute atomic E-state index is 0.150. The van der Waals surface area contributed by atoms with E-state index in [2.05, 4.69) is 29.7 Å². The normalized spacial score (nSPS) is 14.2. The van der Waals surface area contributed by atoms with Gasteiger partial charge in [0.2, 0.25) is 11.5 Å². The van der Waals surface area contributed by atoms with Gasteiger partial charge in [0, 0.05) is 62.8 Å². The molecule has 1 saturated heterocycles. The summed E-state index contributed by atoms with van der Waals surface area (Å²) in [6, 6.07) is 9.74. The van der Waals surface area contributed by atoms with Gasteiger partial charge in [-0.25, -0.2) is 19.9 Å². The highest BCUT2D eigenvalue weighted by Gasteiger charge is 2.20. The molecule has 4 aromatic rings. The maximum atomic E-state index is 10.0. The maximum absolute atomic E-state index is 10.0. The summed E-state index contributed by atoms with van der Waals surface area (Å²) < 4.78 is 10.3. The van der Waals surface area contributed by atoms with Crippen molar-refractivity contribution in [2.75, 3.05) is 40.4 Å². The zero-order chi connectivity index (χ0) is 28.2. The summed E-state index contributed by atoms with van der Waals surface area (Å²) in [7, 11) is 2.83. The molecular formula is C28H30N6O6. The van der Waals surface area contributed by atoms with Crippen molar-refractivity contribution in [1.82, 2.24) is 29.7 Å². The van der Waals surface area contributed by atoms with E-state index >= 15 is 0 Å². The van der Waals surface area contributed by atoms with Crippen LogP contribution >= 0.6 is 0 Å². The summed E-state index contributed by atoms with van der Waals surface area (Å²) in [6.07, 6.45) is 3.36. The van der Waals surface area contributed by atoms with Crippen molar-refractivity contribution < 1.29 is 29.9 Å². The van der Waals surface area contributed by atoms with Gasteiger partial charge in [0.15, 0.2) is 34.6 Å². The number of nitrogens with zero attached hydrogens (tertiary/aromatic N) is 6. The highest BCUT2D eigenvalue weighted by Crippen LogP contribution is 2.39. The Balaban J connectivity index is 1.20. The quantitative estimate of drug-likeness (QED) is 0.240. The fraction of sp³-hybridized carbons (Fsp3) is 0.286. The molecule has 208 valence electrons. The highest BCUT2D eigenvalue weighted by atomic mass is 16.5. The Morgan fingerprint density at radius 1 is 0.650 bits per heavy atom. The van der Waals surface area contributed by atoms with Crippen molar-refractivity contribution in [3.8, 4) is 57.3 Å². The lowest BCUT2D eigenvalue weighted by Gasteiger charge is -2.34. The first-order valence-electron chi connectivity index (χ1n) is 12.6. The second-order valence-corrected chi connectivity index (χ2v) is 9.39.